The van der Waals surface area contributed by atoms with E-state index in [0.717, 1.165) is 0 Å². The van der Waals surface area contributed by atoms with Gasteiger partial charge in [-0.15, -0.1) is 0 Å². The van der Waals surface area contributed by atoms with Crippen LogP contribution in [-0.2, 0) is 4.74 Å². The van der Waals surface area contributed by atoms with Gasteiger partial charge in [0.25, 0.3) is 5.91 Å². The van der Waals surface area contributed by atoms with E-state index in [0.29, 0.717) is 23.1 Å². The Balaban J connectivity index is 1.95. The smallest absolute Gasteiger partial charge is 0.260 e. The summed E-state index contributed by atoms with van der Waals surface area (Å²) in [5.74, 6) is -0.915. The van der Waals surface area contributed by atoms with Gasteiger partial charge in [-0.05, 0) is 19.4 Å². The molecule has 2 atom stereocenters. The van der Waals surface area contributed by atoms with Crippen molar-refractivity contribution in [2.24, 2.45) is 0 Å². The number of rotatable bonds is 1. The Labute approximate surface area is 129 Å². The molecule has 1 aromatic carbocycles. The number of carbonyl (C=O) groups is 1. The molecule has 0 radical (unpaired) electrons. The van der Waals surface area contributed by atoms with Crippen LogP contribution >= 0.6 is 15.9 Å². The molecule has 1 amide bonds. The van der Waals surface area contributed by atoms with Crippen LogP contribution in [0.3, 0.4) is 0 Å². The van der Waals surface area contributed by atoms with Crippen molar-refractivity contribution in [1.82, 2.24) is 4.90 Å². The van der Waals surface area contributed by atoms with Gasteiger partial charge in [0.1, 0.15) is 0 Å². The van der Waals surface area contributed by atoms with Crippen molar-refractivity contribution in [2.45, 2.75) is 25.5 Å². The van der Waals surface area contributed by atoms with E-state index in [1.165, 1.54) is 4.90 Å². The first-order valence-electron chi connectivity index (χ1n) is 6.69. The fourth-order valence-corrected chi connectivity index (χ4v) is 3.00. The number of halogens is 2. The topological polar surface area (TPSA) is 59.0 Å². The van der Waals surface area contributed by atoms with Gasteiger partial charge in [-0.3, -0.25) is 9.69 Å². The van der Waals surface area contributed by atoms with E-state index in [4.69, 9.17) is 9.47 Å². The highest BCUT2D eigenvalue weighted by atomic mass is 79.9. The molecule has 0 unspecified atom stereocenters. The average molecular weight is 360 g/mol. The molecule has 7 heteroatoms. The highest BCUT2D eigenvalue weighted by Gasteiger charge is 2.38. The van der Waals surface area contributed by atoms with Gasteiger partial charge in [0.2, 0.25) is 0 Å². The van der Waals surface area contributed by atoms with Gasteiger partial charge in [0.15, 0.2) is 18.3 Å². The molecule has 0 bridgehead atoms. The Kier molecular flexibility index (Phi) is 3.90. The van der Waals surface area contributed by atoms with E-state index in [1.807, 2.05) is 0 Å². The van der Waals surface area contributed by atoms with Crippen molar-refractivity contribution in [1.29, 1.82) is 0 Å². The highest BCUT2D eigenvalue weighted by molar-refractivity contribution is 9.10. The van der Waals surface area contributed by atoms with Crippen LogP contribution in [0.1, 0.15) is 22.3 Å². The monoisotopic (exact) mass is 359 g/mol. The molecule has 5 nitrogen and oxygen atoms in total. The van der Waals surface area contributed by atoms with Crippen LogP contribution in [0.5, 0.6) is 5.75 Å². The van der Waals surface area contributed by atoms with Gasteiger partial charge in [-0.25, -0.2) is 4.39 Å². The second-order valence-corrected chi connectivity index (χ2v) is 6.08. The molecule has 1 fully saturated rings. The van der Waals surface area contributed by atoms with Crippen LogP contribution in [0.25, 0.3) is 0 Å². The van der Waals surface area contributed by atoms with Gasteiger partial charge in [-0.1, -0.05) is 15.9 Å². The van der Waals surface area contributed by atoms with Crippen molar-refractivity contribution < 1.29 is 23.8 Å². The summed E-state index contributed by atoms with van der Waals surface area (Å²) in [5.41, 5.74) is 0.560. The maximum Gasteiger partial charge on any atom is 0.260 e. The Morgan fingerprint density at radius 1 is 1.52 bits per heavy atom. The molecule has 3 rings (SSSR count). The molecule has 1 N–H and O–H groups in total. The lowest BCUT2D eigenvalue weighted by molar-refractivity contribution is -0.0700. The Morgan fingerprint density at radius 3 is 3.00 bits per heavy atom. The van der Waals surface area contributed by atoms with Gasteiger partial charge < -0.3 is 14.6 Å². The largest absolute Gasteiger partial charge is 0.469 e. The molecule has 1 aromatic rings. The van der Waals surface area contributed by atoms with E-state index >= 15 is 0 Å². The molecule has 0 aromatic heterocycles. The van der Waals surface area contributed by atoms with E-state index in [-0.39, 0.29) is 30.6 Å². The standard InChI is InChI=1S/C14H15BrFNO4/c1-7-9(15)4-8-13(12(7)16)21-6-17(14(8)19)10-5-20-3-2-11(10)18/h4,10-11,18H,2-3,5-6H2,1H3/t10-,11-/m0/s1. The number of nitrogens with zero attached hydrogens (tertiary/aromatic N) is 1. The van der Waals surface area contributed by atoms with E-state index in [1.54, 1.807) is 13.0 Å². The molecular formula is C14H15BrFNO4. The van der Waals surface area contributed by atoms with Crippen LogP contribution < -0.4 is 4.74 Å². The number of aliphatic hydroxyl groups excluding tert-OH is 1. The minimum Gasteiger partial charge on any atom is -0.469 e. The van der Waals surface area contributed by atoms with Gasteiger partial charge in [0, 0.05) is 16.6 Å². The number of carbonyl (C=O) groups excluding carboxylic acids is 1. The zero-order valence-electron chi connectivity index (χ0n) is 11.4. The average Bonchev–Trinajstić information content (AvgIpc) is 2.47. The van der Waals surface area contributed by atoms with Gasteiger partial charge in [-0.2, -0.15) is 0 Å². The van der Waals surface area contributed by atoms with Gasteiger partial charge in [0.05, 0.1) is 24.3 Å². The van der Waals surface area contributed by atoms with E-state index in [9.17, 15) is 14.3 Å². The summed E-state index contributed by atoms with van der Waals surface area (Å²) in [7, 11) is 0. The summed E-state index contributed by atoms with van der Waals surface area (Å²) in [6.45, 7) is 2.24. The van der Waals surface area contributed by atoms with E-state index in [2.05, 4.69) is 15.9 Å². The fourth-order valence-electron chi connectivity index (χ4n) is 2.60. The molecule has 114 valence electrons. The zero-order chi connectivity index (χ0) is 15.1. The summed E-state index contributed by atoms with van der Waals surface area (Å²) in [6, 6.07) is 1.08. The summed E-state index contributed by atoms with van der Waals surface area (Å²) >= 11 is 3.24. The molecule has 21 heavy (non-hydrogen) atoms. The number of benzene rings is 1. The Hall–Kier alpha value is -1.18. The third-order valence-corrected chi connectivity index (χ3v) is 4.76. The van der Waals surface area contributed by atoms with E-state index < -0.39 is 18.0 Å². The molecular weight excluding hydrogens is 345 g/mol. The minimum atomic E-state index is -0.661. The maximum absolute atomic E-state index is 14.2. The fraction of sp³-hybridized carbons (Fsp3) is 0.500. The summed E-state index contributed by atoms with van der Waals surface area (Å²) in [5, 5.41) is 10.0. The Morgan fingerprint density at radius 2 is 2.29 bits per heavy atom. The van der Waals surface area contributed by atoms with Crippen molar-refractivity contribution >= 4 is 21.8 Å². The molecule has 1 saturated heterocycles. The van der Waals surface area contributed by atoms with Crippen LogP contribution in [0.4, 0.5) is 4.39 Å². The van der Waals surface area contributed by atoms with Crippen molar-refractivity contribution in [3.05, 3.63) is 27.5 Å². The quantitative estimate of drug-likeness (QED) is 0.831. The van der Waals surface area contributed by atoms with Crippen LogP contribution in [0.15, 0.2) is 10.5 Å². The third kappa shape index (κ3) is 2.43. The van der Waals surface area contributed by atoms with Crippen LogP contribution in [0, 0.1) is 12.7 Å². The van der Waals surface area contributed by atoms with Crippen molar-refractivity contribution in [2.75, 3.05) is 19.9 Å². The normalized spacial score (nSPS) is 25.5. The lowest BCUT2D eigenvalue weighted by Crippen LogP contribution is -2.55. The summed E-state index contributed by atoms with van der Waals surface area (Å²) in [6.07, 6.45) is -0.195. The predicted molar refractivity (Wildman–Crippen MR) is 75.7 cm³/mol. The lowest BCUT2D eigenvalue weighted by atomic mass is 10.0. The molecule has 2 aliphatic heterocycles. The number of ether oxygens (including phenoxy) is 2. The lowest BCUT2D eigenvalue weighted by Gasteiger charge is -2.39. The number of hydrogen-bond donors (Lipinski definition) is 1. The first-order valence-corrected chi connectivity index (χ1v) is 7.48. The second kappa shape index (κ2) is 5.55. The molecule has 2 heterocycles. The Bertz CT molecular complexity index is 595. The molecule has 0 spiro atoms. The highest BCUT2D eigenvalue weighted by Crippen LogP contribution is 2.35. The number of aliphatic hydroxyl groups is 1. The summed E-state index contributed by atoms with van der Waals surface area (Å²) < 4.78 is 25.4. The summed E-state index contributed by atoms with van der Waals surface area (Å²) in [4.78, 5) is 14.0. The first-order chi connectivity index (χ1) is 10.0. The number of hydrogen-bond acceptors (Lipinski definition) is 4. The molecule has 0 aliphatic carbocycles. The first kappa shape index (κ1) is 14.7. The van der Waals surface area contributed by atoms with Crippen molar-refractivity contribution in [3.63, 3.8) is 0 Å². The third-order valence-electron chi connectivity index (χ3n) is 3.93. The maximum atomic E-state index is 14.2. The van der Waals surface area contributed by atoms with Crippen LogP contribution in [0.2, 0.25) is 0 Å². The number of amides is 1. The van der Waals surface area contributed by atoms with Crippen LogP contribution in [-0.4, -0.2) is 48.0 Å². The molecule has 2 aliphatic rings. The minimum absolute atomic E-state index is 0.0248. The zero-order valence-corrected chi connectivity index (χ0v) is 13.0. The molecule has 0 saturated carbocycles. The second-order valence-electron chi connectivity index (χ2n) is 5.22. The number of fused-ring (bicyclic) bond motifs is 1. The SMILES string of the molecule is Cc1c(Br)cc2c(c1F)OCN([C@H]1COCC[C@@H]1O)C2=O. The van der Waals surface area contributed by atoms with Crippen molar-refractivity contribution in [3.8, 4) is 5.75 Å². The van der Waals surface area contributed by atoms with Gasteiger partial charge >= 0.3 is 0 Å². The predicted octanol–water partition coefficient (Wildman–Crippen LogP) is 1.84.